The number of furan rings is 1. The van der Waals surface area contributed by atoms with Crippen LogP contribution in [0.15, 0.2) is 46.3 Å². The molecule has 3 rings (SSSR count). The molecule has 0 aromatic carbocycles. The monoisotopic (exact) mass is 528 g/mol. The molecule has 0 radical (unpaired) electrons. The molecule has 0 atom stereocenters. The maximum absolute atomic E-state index is 5.41. The van der Waals surface area contributed by atoms with Gasteiger partial charge in [-0.1, -0.05) is 0 Å². The van der Waals surface area contributed by atoms with Crippen LogP contribution in [0, 0.1) is 0 Å². The van der Waals surface area contributed by atoms with Crippen molar-refractivity contribution in [1.29, 1.82) is 0 Å². The van der Waals surface area contributed by atoms with E-state index in [1.165, 1.54) is 0 Å². The second kappa shape index (κ2) is 14.2. The van der Waals surface area contributed by atoms with Crippen molar-refractivity contribution in [3.05, 3.63) is 42.6 Å². The Labute approximate surface area is 195 Å². The first kappa shape index (κ1) is 24.4. The highest BCUT2D eigenvalue weighted by atomic mass is 127. The standard InChI is InChI=1S/C21H32N6O2.HI/c1-2-28-16-5-12-22-20(23-13-7-19-6-3-17-29-19)26-18-8-14-27(15-9-18)21-24-10-4-11-25-21;/h3-4,6,10-11,17-18H,2,5,7-9,12-16H2,1H3,(H2,22,23,26);1H. The van der Waals surface area contributed by atoms with Crippen LogP contribution in [-0.2, 0) is 11.2 Å². The third-order valence-electron chi connectivity index (χ3n) is 4.84. The van der Waals surface area contributed by atoms with Crippen molar-refractivity contribution in [2.75, 3.05) is 44.3 Å². The van der Waals surface area contributed by atoms with E-state index in [2.05, 4.69) is 25.5 Å². The predicted molar refractivity (Wildman–Crippen MR) is 130 cm³/mol. The number of hydrogen-bond acceptors (Lipinski definition) is 6. The van der Waals surface area contributed by atoms with Gasteiger partial charge in [-0.25, -0.2) is 9.97 Å². The first-order valence-electron chi connectivity index (χ1n) is 10.5. The summed E-state index contributed by atoms with van der Waals surface area (Å²) in [4.78, 5) is 15.7. The Morgan fingerprint density at radius 1 is 1.27 bits per heavy atom. The van der Waals surface area contributed by atoms with Gasteiger partial charge in [-0.3, -0.25) is 4.99 Å². The van der Waals surface area contributed by atoms with Crippen molar-refractivity contribution < 1.29 is 9.15 Å². The summed E-state index contributed by atoms with van der Waals surface area (Å²) >= 11 is 0. The highest BCUT2D eigenvalue weighted by Gasteiger charge is 2.21. The van der Waals surface area contributed by atoms with E-state index >= 15 is 0 Å². The quantitative estimate of drug-likeness (QED) is 0.212. The van der Waals surface area contributed by atoms with Crippen LogP contribution in [0.5, 0.6) is 0 Å². The molecular formula is C21H33IN6O2. The van der Waals surface area contributed by atoms with Gasteiger partial charge >= 0.3 is 0 Å². The maximum Gasteiger partial charge on any atom is 0.225 e. The Bertz CT molecular complexity index is 706. The Morgan fingerprint density at radius 3 is 2.77 bits per heavy atom. The van der Waals surface area contributed by atoms with Crippen LogP contribution < -0.4 is 15.5 Å². The Hall–Kier alpha value is -1.88. The SMILES string of the molecule is CCOCCCN=C(NCCc1ccco1)NC1CCN(c2ncccn2)CC1.I. The van der Waals surface area contributed by atoms with Crippen molar-refractivity contribution in [1.82, 2.24) is 20.6 Å². The minimum Gasteiger partial charge on any atom is -0.469 e. The van der Waals surface area contributed by atoms with Crippen molar-refractivity contribution in [3.8, 4) is 0 Å². The number of rotatable bonds is 10. The fraction of sp³-hybridized carbons (Fsp3) is 0.571. The second-order valence-corrected chi connectivity index (χ2v) is 6.99. The van der Waals surface area contributed by atoms with E-state index in [9.17, 15) is 0 Å². The molecule has 1 saturated heterocycles. The molecule has 9 heteroatoms. The van der Waals surface area contributed by atoms with Gasteiger partial charge in [0.25, 0.3) is 0 Å². The molecule has 8 nitrogen and oxygen atoms in total. The second-order valence-electron chi connectivity index (χ2n) is 6.99. The first-order chi connectivity index (χ1) is 14.3. The molecule has 2 N–H and O–H groups in total. The van der Waals surface area contributed by atoms with Crippen LogP contribution in [0.4, 0.5) is 5.95 Å². The summed E-state index contributed by atoms with van der Waals surface area (Å²) < 4.78 is 10.8. The summed E-state index contributed by atoms with van der Waals surface area (Å²) in [5.74, 6) is 2.65. The zero-order valence-electron chi connectivity index (χ0n) is 17.6. The number of piperidine rings is 1. The summed E-state index contributed by atoms with van der Waals surface area (Å²) in [7, 11) is 0. The van der Waals surface area contributed by atoms with Crippen LogP contribution in [-0.4, -0.2) is 61.4 Å². The lowest BCUT2D eigenvalue weighted by Crippen LogP contribution is -2.49. The fourth-order valence-corrected chi connectivity index (χ4v) is 3.29. The van der Waals surface area contributed by atoms with Gasteiger partial charge < -0.3 is 24.7 Å². The third kappa shape index (κ3) is 8.47. The first-order valence-corrected chi connectivity index (χ1v) is 10.5. The summed E-state index contributed by atoms with van der Waals surface area (Å²) in [5.41, 5.74) is 0. The largest absolute Gasteiger partial charge is 0.469 e. The molecule has 1 aliphatic heterocycles. The van der Waals surface area contributed by atoms with Gasteiger partial charge in [0, 0.05) is 64.2 Å². The van der Waals surface area contributed by atoms with Crippen molar-refractivity contribution >= 4 is 35.9 Å². The molecular weight excluding hydrogens is 495 g/mol. The van der Waals surface area contributed by atoms with E-state index < -0.39 is 0 Å². The van der Waals surface area contributed by atoms with Crippen LogP contribution in [0.2, 0.25) is 0 Å². The summed E-state index contributed by atoms with van der Waals surface area (Å²) in [5, 5.41) is 7.04. The Balaban J connectivity index is 0.00000320. The number of hydrogen-bond donors (Lipinski definition) is 2. The molecule has 2 aromatic rings. The van der Waals surface area contributed by atoms with Crippen molar-refractivity contribution in [2.45, 2.75) is 38.6 Å². The lowest BCUT2D eigenvalue weighted by atomic mass is 10.1. The normalized spacial score (nSPS) is 15.0. The Kier molecular flexibility index (Phi) is 11.5. The number of aliphatic imine (C=N–C) groups is 1. The molecule has 3 heterocycles. The molecule has 1 fully saturated rings. The van der Waals surface area contributed by atoms with Gasteiger partial charge in [-0.2, -0.15) is 0 Å². The number of guanidine groups is 1. The van der Waals surface area contributed by atoms with Crippen LogP contribution in [0.3, 0.4) is 0 Å². The van der Waals surface area contributed by atoms with Gasteiger partial charge in [0.2, 0.25) is 5.95 Å². The van der Waals surface area contributed by atoms with Gasteiger partial charge in [0.15, 0.2) is 5.96 Å². The number of nitrogens with zero attached hydrogens (tertiary/aromatic N) is 4. The molecule has 0 saturated carbocycles. The Morgan fingerprint density at radius 2 is 2.07 bits per heavy atom. The smallest absolute Gasteiger partial charge is 0.225 e. The number of halogens is 1. The third-order valence-corrected chi connectivity index (χ3v) is 4.84. The average molecular weight is 528 g/mol. The molecule has 0 amide bonds. The van der Waals surface area contributed by atoms with E-state index in [1.54, 1.807) is 18.7 Å². The van der Waals surface area contributed by atoms with Crippen LogP contribution in [0.1, 0.15) is 31.9 Å². The van der Waals surface area contributed by atoms with Crippen LogP contribution in [0.25, 0.3) is 0 Å². The minimum absolute atomic E-state index is 0. The van der Waals surface area contributed by atoms with Gasteiger partial charge in [0.05, 0.1) is 6.26 Å². The maximum atomic E-state index is 5.41. The predicted octanol–water partition coefficient (Wildman–Crippen LogP) is 2.86. The number of aromatic nitrogens is 2. The molecule has 0 bridgehead atoms. The van der Waals surface area contributed by atoms with E-state index in [0.29, 0.717) is 6.04 Å². The number of anilines is 1. The molecule has 0 spiro atoms. The molecule has 0 unspecified atom stereocenters. The minimum atomic E-state index is 0. The van der Waals surface area contributed by atoms with Gasteiger partial charge in [-0.05, 0) is 44.4 Å². The number of ether oxygens (including phenoxy) is 1. The fourth-order valence-electron chi connectivity index (χ4n) is 3.29. The topological polar surface area (TPSA) is 87.8 Å². The molecule has 166 valence electrons. The summed E-state index contributed by atoms with van der Waals surface area (Å²) in [6, 6.07) is 6.15. The summed E-state index contributed by atoms with van der Waals surface area (Å²) in [6.07, 6.45) is 9.09. The molecule has 0 aliphatic carbocycles. The summed E-state index contributed by atoms with van der Waals surface area (Å²) in [6.45, 7) is 6.90. The number of nitrogens with one attached hydrogen (secondary N) is 2. The van der Waals surface area contributed by atoms with E-state index in [4.69, 9.17) is 14.1 Å². The lowest BCUT2D eigenvalue weighted by molar-refractivity contribution is 0.146. The van der Waals surface area contributed by atoms with E-state index in [0.717, 1.165) is 82.7 Å². The molecule has 1 aliphatic rings. The van der Waals surface area contributed by atoms with Crippen molar-refractivity contribution in [2.24, 2.45) is 4.99 Å². The van der Waals surface area contributed by atoms with Gasteiger partial charge in [0.1, 0.15) is 5.76 Å². The highest BCUT2D eigenvalue weighted by molar-refractivity contribution is 14.0. The van der Waals surface area contributed by atoms with Crippen LogP contribution >= 0.6 is 24.0 Å². The van der Waals surface area contributed by atoms with Crippen molar-refractivity contribution in [3.63, 3.8) is 0 Å². The highest BCUT2D eigenvalue weighted by Crippen LogP contribution is 2.15. The zero-order valence-corrected chi connectivity index (χ0v) is 20.0. The molecule has 30 heavy (non-hydrogen) atoms. The van der Waals surface area contributed by atoms with E-state index in [1.807, 2.05) is 25.1 Å². The lowest BCUT2D eigenvalue weighted by Gasteiger charge is -2.33. The van der Waals surface area contributed by atoms with E-state index in [-0.39, 0.29) is 24.0 Å². The average Bonchev–Trinajstić information content (AvgIpc) is 3.28. The molecule has 2 aromatic heterocycles. The zero-order chi connectivity index (χ0) is 20.2. The van der Waals surface area contributed by atoms with Gasteiger partial charge in [-0.15, -0.1) is 24.0 Å².